The van der Waals surface area contributed by atoms with Gasteiger partial charge in [0.15, 0.2) is 11.5 Å². The van der Waals surface area contributed by atoms with Gasteiger partial charge in [-0.3, -0.25) is 4.79 Å². The van der Waals surface area contributed by atoms with Crippen LogP contribution in [0.15, 0.2) is 48.0 Å². The van der Waals surface area contributed by atoms with Gasteiger partial charge in [0.1, 0.15) is 18.2 Å². The SMILES string of the molecule is C#CCOc1c(I)cc(/C=C(/C#N)C(=O)N[C@H](C)c2ccccc2)cc1OC. The molecule has 1 amide bonds. The Labute approximate surface area is 178 Å². The molecule has 0 radical (unpaired) electrons. The molecule has 5 nitrogen and oxygen atoms in total. The second-order valence-corrected chi connectivity index (χ2v) is 6.96. The minimum Gasteiger partial charge on any atom is -0.493 e. The molecule has 0 fully saturated rings. The number of terminal acetylenes is 1. The molecule has 0 heterocycles. The lowest BCUT2D eigenvalue weighted by Crippen LogP contribution is -2.27. The van der Waals surface area contributed by atoms with Crippen molar-refractivity contribution in [1.82, 2.24) is 5.32 Å². The van der Waals surface area contributed by atoms with Crippen LogP contribution in [0.4, 0.5) is 0 Å². The Hall–Kier alpha value is -2.97. The molecule has 0 saturated carbocycles. The number of methoxy groups -OCH3 is 1. The van der Waals surface area contributed by atoms with E-state index >= 15 is 0 Å². The number of hydrogen-bond donors (Lipinski definition) is 1. The maximum atomic E-state index is 12.5. The highest BCUT2D eigenvalue weighted by atomic mass is 127. The van der Waals surface area contributed by atoms with Crippen molar-refractivity contribution >= 4 is 34.6 Å². The third kappa shape index (κ3) is 5.51. The summed E-state index contributed by atoms with van der Waals surface area (Å²) in [4.78, 5) is 12.5. The lowest BCUT2D eigenvalue weighted by Gasteiger charge is -2.14. The van der Waals surface area contributed by atoms with Crippen LogP contribution in [0, 0.1) is 27.2 Å². The van der Waals surface area contributed by atoms with E-state index in [4.69, 9.17) is 15.9 Å². The Morgan fingerprint density at radius 1 is 1.36 bits per heavy atom. The average molecular weight is 486 g/mol. The van der Waals surface area contributed by atoms with Crippen molar-refractivity contribution in [3.8, 4) is 29.9 Å². The van der Waals surface area contributed by atoms with Crippen LogP contribution in [0.25, 0.3) is 6.08 Å². The molecule has 0 spiro atoms. The van der Waals surface area contributed by atoms with Crippen molar-refractivity contribution in [3.05, 3.63) is 62.7 Å². The molecule has 2 aromatic rings. The molecule has 0 aliphatic heterocycles. The first-order chi connectivity index (χ1) is 13.5. The summed E-state index contributed by atoms with van der Waals surface area (Å²) in [5.74, 6) is 2.97. The van der Waals surface area contributed by atoms with Gasteiger partial charge in [0.05, 0.1) is 16.7 Å². The predicted molar refractivity (Wildman–Crippen MR) is 117 cm³/mol. The Balaban J connectivity index is 2.26. The second-order valence-electron chi connectivity index (χ2n) is 5.80. The molecule has 0 bridgehead atoms. The molecule has 2 rings (SSSR count). The third-order valence-corrected chi connectivity index (χ3v) is 4.68. The van der Waals surface area contributed by atoms with Gasteiger partial charge in [-0.25, -0.2) is 0 Å². The topological polar surface area (TPSA) is 71.3 Å². The van der Waals surface area contributed by atoms with Gasteiger partial charge >= 0.3 is 0 Å². The summed E-state index contributed by atoms with van der Waals surface area (Å²) < 4.78 is 11.6. The van der Waals surface area contributed by atoms with Crippen molar-refractivity contribution in [2.24, 2.45) is 0 Å². The Kier molecular flexibility index (Phi) is 7.91. The quantitative estimate of drug-likeness (QED) is 0.277. The van der Waals surface area contributed by atoms with Gasteiger partial charge < -0.3 is 14.8 Å². The molecule has 142 valence electrons. The number of nitriles is 1. The standard InChI is InChI=1S/C22H19IN2O3/c1-4-10-28-21-19(23)12-16(13-20(21)27-3)11-18(14-24)22(26)25-15(2)17-8-6-5-7-9-17/h1,5-9,11-13,15H,10H2,2-3H3,(H,25,26)/b18-11-/t15-/m1/s1. The van der Waals surface area contributed by atoms with E-state index in [-0.39, 0.29) is 18.2 Å². The Bertz CT molecular complexity index is 956. The predicted octanol–water partition coefficient (Wildman–Crippen LogP) is 4.10. The summed E-state index contributed by atoms with van der Waals surface area (Å²) in [5, 5.41) is 12.3. The van der Waals surface area contributed by atoms with Gasteiger partial charge in [0.25, 0.3) is 5.91 Å². The first-order valence-corrected chi connectivity index (χ1v) is 9.49. The minimum atomic E-state index is -0.444. The molecule has 0 aliphatic carbocycles. The molecule has 0 aromatic heterocycles. The van der Waals surface area contributed by atoms with Gasteiger partial charge in [0.2, 0.25) is 0 Å². The average Bonchev–Trinajstić information content (AvgIpc) is 2.71. The molecule has 1 atom stereocenters. The molecule has 0 unspecified atom stereocenters. The fraction of sp³-hybridized carbons (Fsp3) is 0.182. The van der Waals surface area contributed by atoms with E-state index in [1.807, 2.05) is 43.3 Å². The first-order valence-electron chi connectivity index (χ1n) is 8.41. The van der Waals surface area contributed by atoms with E-state index in [1.165, 1.54) is 13.2 Å². The van der Waals surface area contributed by atoms with Crippen LogP contribution in [0.5, 0.6) is 11.5 Å². The minimum absolute atomic E-state index is 0.00192. The summed E-state index contributed by atoms with van der Waals surface area (Å²) >= 11 is 2.09. The van der Waals surface area contributed by atoms with Gasteiger partial charge in [-0.15, -0.1) is 6.42 Å². The number of carbonyl (C=O) groups is 1. The molecule has 0 saturated heterocycles. The zero-order valence-electron chi connectivity index (χ0n) is 15.5. The van der Waals surface area contributed by atoms with Crippen LogP contribution in [0.2, 0.25) is 0 Å². The third-order valence-electron chi connectivity index (χ3n) is 3.87. The Morgan fingerprint density at radius 2 is 2.07 bits per heavy atom. The van der Waals surface area contributed by atoms with E-state index in [1.54, 1.807) is 12.1 Å². The van der Waals surface area contributed by atoms with Crippen LogP contribution in [0.3, 0.4) is 0 Å². The number of carbonyl (C=O) groups excluding carboxylic acids is 1. The normalized spacial score (nSPS) is 11.7. The van der Waals surface area contributed by atoms with Crippen LogP contribution in [-0.2, 0) is 4.79 Å². The smallest absolute Gasteiger partial charge is 0.262 e. The molecule has 28 heavy (non-hydrogen) atoms. The van der Waals surface area contributed by atoms with E-state index in [0.29, 0.717) is 17.1 Å². The van der Waals surface area contributed by atoms with Crippen molar-refractivity contribution in [3.63, 3.8) is 0 Å². The second kappa shape index (κ2) is 10.4. The highest BCUT2D eigenvalue weighted by Crippen LogP contribution is 2.34. The van der Waals surface area contributed by atoms with Gasteiger partial charge in [-0.2, -0.15) is 5.26 Å². The maximum absolute atomic E-state index is 12.5. The van der Waals surface area contributed by atoms with E-state index in [0.717, 1.165) is 9.13 Å². The zero-order valence-corrected chi connectivity index (χ0v) is 17.7. The van der Waals surface area contributed by atoms with Gasteiger partial charge in [0, 0.05) is 0 Å². The van der Waals surface area contributed by atoms with Crippen LogP contribution < -0.4 is 14.8 Å². The summed E-state index contributed by atoms with van der Waals surface area (Å²) in [6, 6.07) is 14.8. The van der Waals surface area contributed by atoms with Gasteiger partial charge in [-0.05, 0) is 58.9 Å². The fourth-order valence-corrected chi connectivity index (χ4v) is 3.27. The van der Waals surface area contributed by atoms with Crippen molar-refractivity contribution in [1.29, 1.82) is 5.26 Å². The fourth-order valence-electron chi connectivity index (χ4n) is 2.49. The summed E-state index contributed by atoms with van der Waals surface area (Å²) in [6.45, 7) is 1.98. The first kappa shape index (κ1) is 21.3. The molecule has 1 N–H and O–H groups in total. The van der Waals surface area contributed by atoms with Crippen LogP contribution in [0.1, 0.15) is 24.1 Å². The number of rotatable bonds is 7. The van der Waals surface area contributed by atoms with Gasteiger partial charge in [-0.1, -0.05) is 36.3 Å². The number of amides is 1. The molecule has 2 aromatic carbocycles. The maximum Gasteiger partial charge on any atom is 0.262 e. The number of nitrogens with one attached hydrogen (secondary N) is 1. The number of hydrogen-bond acceptors (Lipinski definition) is 4. The van der Waals surface area contributed by atoms with E-state index in [2.05, 4.69) is 33.8 Å². The van der Waals surface area contributed by atoms with Crippen LogP contribution >= 0.6 is 22.6 Å². The van der Waals surface area contributed by atoms with E-state index in [9.17, 15) is 10.1 Å². The lowest BCUT2D eigenvalue weighted by atomic mass is 10.1. The lowest BCUT2D eigenvalue weighted by molar-refractivity contribution is -0.117. The largest absolute Gasteiger partial charge is 0.493 e. The van der Waals surface area contributed by atoms with Crippen molar-refractivity contribution < 1.29 is 14.3 Å². The number of nitrogens with zero attached hydrogens (tertiary/aromatic N) is 1. The van der Waals surface area contributed by atoms with E-state index < -0.39 is 5.91 Å². The molecular formula is C22H19IN2O3. The summed E-state index contributed by atoms with van der Waals surface area (Å²) in [5.41, 5.74) is 1.60. The Morgan fingerprint density at radius 3 is 2.68 bits per heavy atom. The highest BCUT2D eigenvalue weighted by molar-refractivity contribution is 14.1. The highest BCUT2D eigenvalue weighted by Gasteiger charge is 2.15. The number of benzene rings is 2. The van der Waals surface area contributed by atoms with Crippen molar-refractivity contribution in [2.75, 3.05) is 13.7 Å². The molecule has 0 aliphatic rings. The number of halogens is 1. The van der Waals surface area contributed by atoms with Crippen LogP contribution in [-0.4, -0.2) is 19.6 Å². The molecular weight excluding hydrogens is 467 g/mol. The monoisotopic (exact) mass is 486 g/mol. The van der Waals surface area contributed by atoms with Crippen molar-refractivity contribution in [2.45, 2.75) is 13.0 Å². The zero-order chi connectivity index (χ0) is 20.5. The summed E-state index contributed by atoms with van der Waals surface area (Å²) in [6.07, 6.45) is 6.76. The molecule has 6 heteroatoms. The number of ether oxygens (including phenoxy) is 2. The summed E-state index contributed by atoms with van der Waals surface area (Å²) in [7, 11) is 1.51.